The molecular formula is C12H16N2O5S. The van der Waals surface area contributed by atoms with Gasteiger partial charge in [0.1, 0.15) is 6.04 Å². The first-order valence-corrected chi connectivity index (χ1v) is 6.77. The zero-order valence-corrected chi connectivity index (χ0v) is 11.7. The Labute approximate surface area is 119 Å². The molecule has 7 nitrogen and oxygen atoms in total. The van der Waals surface area contributed by atoms with Crippen molar-refractivity contribution >= 4 is 29.3 Å². The summed E-state index contributed by atoms with van der Waals surface area (Å²) in [5.41, 5.74) is 0. The van der Waals surface area contributed by atoms with Gasteiger partial charge in [-0.15, -0.1) is 11.3 Å². The first kappa shape index (κ1) is 16.0. The van der Waals surface area contributed by atoms with Crippen molar-refractivity contribution in [2.24, 2.45) is 0 Å². The normalized spacial score (nSPS) is 11.4. The number of esters is 1. The van der Waals surface area contributed by atoms with Crippen LogP contribution in [0.1, 0.15) is 17.7 Å². The van der Waals surface area contributed by atoms with Gasteiger partial charge in [0, 0.05) is 11.3 Å². The molecule has 0 saturated heterocycles. The van der Waals surface area contributed by atoms with Gasteiger partial charge in [-0.3, -0.25) is 4.79 Å². The second-order valence-corrected chi connectivity index (χ2v) is 4.94. The Balaban J connectivity index is 2.38. The first-order valence-electron chi connectivity index (χ1n) is 5.89. The van der Waals surface area contributed by atoms with Crippen LogP contribution in [0.5, 0.6) is 0 Å². The van der Waals surface area contributed by atoms with Crippen LogP contribution in [0.2, 0.25) is 0 Å². The molecule has 0 unspecified atom stereocenters. The number of ether oxygens (including phenoxy) is 1. The number of carbonyl (C=O) groups is 3. The number of amides is 2. The second kappa shape index (κ2) is 8.16. The summed E-state index contributed by atoms with van der Waals surface area (Å²) in [6.45, 7) is 0.326. The van der Waals surface area contributed by atoms with E-state index in [4.69, 9.17) is 5.11 Å². The minimum Gasteiger partial charge on any atom is -0.480 e. The van der Waals surface area contributed by atoms with Crippen molar-refractivity contribution in [2.45, 2.75) is 25.4 Å². The van der Waals surface area contributed by atoms with Gasteiger partial charge in [0.05, 0.1) is 13.7 Å². The number of urea groups is 1. The van der Waals surface area contributed by atoms with E-state index in [0.29, 0.717) is 6.54 Å². The number of hydrogen-bond acceptors (Lipinski definition) is 5. The number of carboxylic acids is 1. The SMILES string of the molecule is COC(=O)CC[C@H](NC(=O)NCc1cccs1)C(=O)O. The zero-order chi connectivity index (χ0) is 15.0. The van der Waals surface area contributed by atoms with Crippen LogP contribution < -0.4 is 10.6 Å². The summed E-state index contributed by atoms with van der Waals surface area (Å²) >= 11 is 1.49. The lowest BCUT2D eigenvalue weighted by Gasteiger charge is -2.14. The molecule has 0 aromatic carbocycles. The molecule has 110 valence electrons. The predicted molar refractivity (Wildman–Crippen MR) is 72.4 cm³/mol. The first-order chi connectivity index (χ1) is 9.52. The Kier molecular flexibility index (Phi) is 6.51. The number of rotatable bonds is 7. The summed E-state index contributed by atoms with van der Waals surface area (Å²) in [6, 6.07) is 2.00. The average Bonchev–Trinajstić information content (AvgIpc) is 2.93. The Morgan fingerprint density at radius 2 is 2.20 bits per heavy atom. The monoisotopic (exact) mass is 300 g/mol. The highest BCUT2D eigenvalue weighted by molar-refractivity contribution is 7.09. The van der Waals surface area contributed by atoms with E-state index in [1.54, 1.807) is 0 Å². The van der Waals surface area contributed by atoms with Crippen molar-refractivity contribution in [1.29, 1.82) is 0 Å². The van der Waals surface area contributed by atoms with Gasteiger partial charge in [0.25, 0.3) is 0 Å². The Morgan fingerprint density at radius 3 is 2.75 bits per heavy atom. The molecule has 2 amide bonds. The van der Waals surface area contributed by atoms with E-state index in [-0.39, 0.29) is 12.8 Å². The molecule has 20 heavy (non-hydrogen) atoms. The molecular weight excluding hydrogens is 284 g/mol. The Bertz CT molecular complexity index is 460. The minimum absolute atomic E-state index is 0.0194. The topological polar surface area (TPSA) is 105 Å². The molecule has 0 bridgehead atoms. The Morgan fingerprint density at radius 1 is 1.45 bits per heavy atom. The fourth-order valence-corrected chi connectivity index (χ4v) is 2.06. The summed E-state index contributed by atoms with van der Waals surface area (Å²) in [5, 5.41) is 15.7. The fourth-order valence-electron chi connectivity index (χ4n) is 1.41. The van der Waals surface area contributed by atoms with E-state index < -0.39 is 24.0 Å². The van der Waals surface area contributed by atoms with E-state index in [0.717, 1.165) is 4.88 Å². The molecule has 0 saturated carbocycles. The van der Waals surface area contributed by atoms with Crippen LogP contribution in [-0.2, 0) is 20.9 Å². The lowest BCUT2D eigenvalue weighted by atomic mass is 10.1. The maximum atomic E-state index is 11.6. The molecule has 1 rings (SSSR count). The van der Waals surface area contributed by atoms with Crippen molar-refractivity contribution < 1.29 is 24.2 Å². The minimum atomic E-state index is -1.19. The number of carboxylic acid groups (broad SMARTS) is 1. The van der Waals surface area contributed by atoms with Crippen LogP contribution in [-0.4, -0.2) is 36.2 Å². The molecule has 0 fully saturated rings. The van der Waals surface area contributed by atoms with Gasteiger partial charge in [-0.05, 0) is 17.9 Å². The van der Waals surface area contributed by atoms with Gasteiger partial charge in [-0.25, -0.2) is 9.59 Å². The smallest absolute Gasteiger partial charge is 0.326 e. The maximum Gasteiger partial charge on any atom is 0.326 e. The van der Waals surface area contributed by atoms with Crippen LogP contribution in [0.4, 0.5) is 4.79 Å². The van der Waals surface area contributed by atoms with Crippen LogP contribution >= 0.6 is 11.3 Å². The highest BCUT2D eigenvalue weighted by Gasteiger charge is 2.21. The predicted octanol–water partition coefficient (Wildman–Crippen LogP) is 0.954. The highest BCUT2D eigenvalue weighted by atomic mass is 32.1. The molecule has 8 heteroatoms. The lowest BCUT2D eigenvalue weighted by Crippen LogP contribution is -2.45. The van der Waals surface area contributed by atoms with Crippen molar-refractivity contribution in [3.8, 4) is 0 Å². The number of hydrogen-bond donors (Lipinski definition) is 3. The van der Waals surface area contributed by atoms with Gasteiger partial charge in [-0.2, -0.15) is 0 Å². The second-order valence-electron chi connectivity index (χ2n) is 3.91. The summed E-state index contributed by atoms with van der Waals surface area (Å²) in [4.78, 5) is 34.5. The number of carbonyl (C=O) groups excluding carboxylic acids is 2. The quantitative estimate of drug-likeness (QED) is 0.650. The number of nitrogens with one attached hydrogen (secondary N) is 2. The largest absolute Gasteiger partial charge is 0.480 e. The van der Waals surface area contributed by atoms with E-state index in [9.17, 15) is 14.4 Å². The van der Waals surface area contributed by atoms with Gasteiger partial charge in [0.15, 0.2) is 0 Å². The zero-order valence-electron chi connectivity index (χ0n) is 10.9. The molecule has 0 spiro atoms. The van der Waals surface area contributed by atoms with E-state index in [2.05, 4.69) is 15.4 Å². The van der Waals surface area contributed by atoms with E-state index >= 15 is 0 Å². The summed E-state index contributed by atoms with van der Waals surface area (Å²) in [6.07, 6.45) is -0.0902. The molecule has 1 aromatic rings. The Hall–Kier alpha value is -2.09. The molecule has 0 aliphatic heterocycles. The van der Waals surface area contributed by atoms with Crippen LogP contribution in [0, 0.1) is 0 Å². The fraction of sp³-hybridized carbons (Fsp3) is 0.417. The van der Waals surface area contributed by atoms with Crippen molar-refractivity contribution in [2.75, 3.05) is 7.11 Å². The molecule has 1 heterocycles. The molecule has 1 atom stereocenters. The van der Waals surface area contributed by atoms with Crippen molar-refractivity contribution in [3.05, 3.63) is 22.4 Å². The summed E-state index contributed by atoms with van der Waals surface area (Å²) in [5.74, 6) is -1.71. The standard InChI is InChI=1S/C12H16N2O5S/c1-19-10(15)5-4-9(11(16)17)14-12(18)13-7-8-3-2-6-20-8/h2-3,6,9H,4-5,7H2,1H3,(H,16,17)(H2,13,14,18)/t9-/m0/s1. The molecule has 3 N–H and O–H groups in total. The lowest BCUT2D eigenvalue weighted by molar-refractivity contribution is -0.142. The molecule has 1 aromatic heterocycles. The van der Waals surface area contributed by atoms with Gasteiger partial charge in [-0.1, -0.05) is 6.07 Å². The molecule has 0 aliphatic rings. The van der Waals surface area contributed by atoms with Crippen LogP contribution in [0.3, 0.4) is 0 Å². The summed E-state index contributed by atoms with van der Waals surface area (Å²) < 4.78 is 4.42. The van der Waals surface area contributed by atoms with Crippen LogP contribution in [0.15, 0.2) is 17.5 Å². The third-order valence-electron chi connectivity index (χ3n) is 2.47. The number of thiophene rings is 1. The molecule has 0 aliphatic carbocycles. The third kappa shape index (κ3) is 5.70. The van der Waals surface area contributed by atoms with Crippen LogP contribution in [0.25, 0.3) is 0 Å². The van der Waals surface area contributed by atoms with Gasteiger partial charge < -0.3 is 20.5 Å². The summed E-state index contributed by atoms with van der Waals surface area (Å²) in [7, 11) is 1.22. The van der Waals surface area contributed by atoms with E-state index in [1.165, 1.54) is 18.4 Å². The van der Waals surface area contributed by atoms with Crippen molar-refractivity contribution in [3.63, 3.8) is 0 Å². The number of methoxy groups -OCH3 is 1. The number of aliphatic carboxylic acids is 1. The third-order valence-corrected chi connectivity index (χ3v) is 3.35. The van der Waals surface area contributed by atoms with Gasteiger partial charge in [0.2, 0.25) is 0 Å². The highest BCUT2D eigenvalue weighted by Crippen LogP contribution is 2.07. The van der Waals surface area contributed by atoms with Crippen molar-refractivity contribution in [1.82, 2.24) is 10.6 Å². The van der Waals surface area contributed by atoms with Gasteiger partial charge >= 0.3 is 18.0 Å². The maximum absolute atomic E-state index is 11.6. The molecule has 0 radical (unpaired) electrons. The van der Waals surface area contributed by atoms with E-state index in [1.807, 2.05) is 17.5 Å². The average molecular weight is 300 g/mol.